The monoisotopic (exact) mass is 176 g/mol. The van der Waals surface area contributed by atoms with Crippen molar-refractivity contribution in [2.75, 3.05) is 7.05 Å². The van der Waals surface area contributed by atoms with Gasteiger partial charge in [-0.25, -0.2) is 4.79 Å². The second-order valence-electron chi connectivity index (χ2n) is 1.84. The fraction of sp³-hybridized carbons (Fsp3) is 0.333. The van der Waals surface area contributed by atoms with Crippen LogP contribution in [0.3, 0.4) is 0 Å². The molecule has 0 rings (SSSR count). The van der Waals surface area contributed by atoms with E-state index < -0.39 is 5.97 Å². The van der Waals surface area contributed by atoms with Gasteiger partial charge in [-0.05, 0) is 6.92 Å². The zero-order valence-electron chi connectivity index (χ0n) is 6.26. The minimum atomic E-state index is -1.24. The van der Waals surface area contributed by atoms with Gasteiger partial charge in [-0.3, -0.25) is 4.99 Å². The maximum atomic E-state index is 10.2. The van der Waals surface area contributed by atoms with Gasteiger partial charge in [-0.1, -0.05) is 11.6 Å². The number of aliphatic carboxylic acids is 1. The van der Waals surface area contributed by atoms with Crippen LogP contribution in [0, 0.1) is 0 Å². The molecule has 0 unspecified atom stereocenters. The lowest BCUT2D eigenvalue weighted by Crippen LogP contribution is -2.14. The zero-order valence-corrected chi connectivity index (χ0v) is 7.01. The van der Waals surface area contributed by atoms with Crippen LogP contribution in [0.5, 0.6) is 0 Å². The predicted molar refractivity (Wildman–Crippen MR) is 43.7 cm³/mol. The number of hydrogen-bond acceptors (Lipinski definition) is 3. The van der Waals surface area contributed by atoms with Crippen molar-refractivity contribution in [1.82, 2.24) is 0 Å². The first kappa shape index (κ1) is 9.97. The normalized spacial score (nSPS) is 14.3. The maximum Gasteiger partial charge on any atom is 0.353 e. The smallest absolute Gasteiger partial charge is 0.353 e. The second-order valence-corrected chi connectivity index (χ2v) is 2.22. The van der Waals surface area contributed by atoms with Crippen molar-refractivity contribution in [3.05, 3.63) is 10.7 Å². The molecular weight excluding hydrogens is 168 g/mol. The number of allylic oxidation sites excluding steroid dienone is 1. The number of halogens is 1. The first-order valence-corrected chi connectivity index (χ1v) is 3.20. The molecule has 0 aromatic heterocycles. The van der Waals surface area contributed by atoms with Crippen molar-refractivity contribution in [2.24, 2.45) is 10.7 Å². The van der Waals surface area contributed by atoms with Crippen LogP contribution in [-0.2, 0) is 4.79 Å². The Morgan fingerprint density at radius 2 is 2.09 bits per heavy atom. The van der Waals surface area contributed by atoms with Gasteiger partial charge in [0.1, 0.15) is 5.70 Å². The first-order chi connectivity index (χ1) is 5.00. The highest BCUT2D eigenvalue weighted by Crippen LogP contribution is 2.07. The van der Waals surface area contributed by atoms with E-state index in [4.69, 9.17) is 22.4 Å². The average molecular weight is 177 g/mol. The molecule has 0 saturated heterocycles. The van der Waals surface area contributed by atoms with Gasteiger partial charge < -0.3 is 10.8 Å². The summed E-state index contributed by atoms with van der Waals surface area (Å²) in [7, 11) is 1.51. The largest absolute Gasteiger partial charge is 0.477 e. The van der Waals surface area contributed by atoms with Crippen LogP contribution in [0.2, 0.25) is 0 Å². The predicted octanol–water partition coefficient (Wildman–Crippen LogP) is 0.571. The highest BCUT2D eigenvalue weighted by atomic mass is 35.5. The van der Waals surface area contributed by atoms with E-state index >= 15 is 0 Å². The third-order valence-electron chi connectivity index (χ3n) is 1.12. The third-order valence-corrected chi connectivity index (χ3v) is 1.60. The molecule has 11 heavy (non-hydrogen) atoms. The standard InChI is InChI=1S/C6H9ClN2O2/c1-3(9-2)4(7)5(8)6(10)11/h8H2,1-2H3,(H,10,11). The molecule has 0 atom stereocenters. The summed E-state index contributed by atoms with van der Waals surface area (Å²) in [4.78, 5) is 13.9. The van der Waals surface area contributed by atoms with Crippen LogP contribution in [0.1, 0.15) is 6.92 Å². The van der Waals surface area contributed by atoms with Gasteiger partial charge in [0.2, 0.25) is 0 Å². The Balaban J connectivity index is 4.81. The summed E-state index contributed by atoms with van der Waals surface area (Å²) in [6, 6.07) is 0. The van der Waals surface area contributed by atoms with Crippen molar-refractivity contribution in [3.63, 3.8) is 0 Å². The second kappa shape index (κ2) is 3.98. The Morgan fingerprint density at radius 3 is 2.36 bits per heavy atom. The molecule has 0 saturated carbocycles. The van der Waals surface area contributed by atoms with Crippen molar-refractivity contribution in [2.45, 2.75) is 6.92 Å². The number of carboxylic acids is 1. The molecule has 62 valence electrons. The van der Waals surface area contributed by atoms with E-state index in [2.05, 4.69) is 4.99 Å². The number of carboxylic acid groups (broad SMARTS) is 1. The molecule has 4 nitrogen and oxygen atoms in total. The SMILES string of the molecule is CN=C(C)C(Cl)=C(N)C(=O)O. The molecule has 0 amide bonds. The van der Waals surface area contributed by atoms with E-state index in [-0.39, 0.29) is 10.7 Å². The van der Waals surface area contributed by atoms with Gasteiger partial charge >= 0.3 is 5.97 Å². The molecule has 0 spiro atoms. The van der Waals surface area contributed by atoms with Crippen LogP contribution >= 0.6 is 11.6 Å². The third kappa shape index (κ3) is 2.59. The van der Waals surface area contributed by atoms with Crippen molar-refractivity contribution in [1.29, 1.82) is 0 Å². The van der Waals surface area contributed by atoms with Crippen LogP contribution in [0.25, 0.3) is 0 Å². The van der Waals surface area contributed by atoms with Crippen molar-refractivity contribution >= 4 is 23.3 Å². The molecule has 0 radical (unpaired) electrons. The van der Waals surface area contributed by atoms with Crippen LogP contribution in [0.4, 0.5) is 0 Å². The number of nitrogens with two attached hydrogens (primary N) is 1. The number of carbonyl (C=O) groups is 1. The molecular formula is C6H9ClN2O2. The highest BCUT2D eigenvalue weighted by Gasteiger charge is 2.09. The lowest BCUT2D eigenvalue weighted by atomic mass is 10.3. The molecule has 0 bridgehead atoms. The van der Waals surface area contributed by atoms with Gasteiger partial charge in [0.25, 0.3) is 0 Å². The lowest BCUT2D eigenvalue weighted by Gasteiger charge is -1.98. The van der Waals surface area contributed by atoms with E-state index in [9.17, 15) is 4.79 Å². The summed E-state index contributed by atoms with van der Waals surface area (Å²) < 4.78 is 0. The van der Waals surface area contributed by atoms with E-state index in [1.54, 1.807) is 6.92 Å². The highest BCUT2D eigenvalue weighted by molar-refractivity contribution is 6.44. The lowest BCUT2D eigenvalue weighted by molar-refractivity contribution is -0.132. The summed E-state index contributed by atoms with van der Waals surface area (Å²) >= 11 is 5.52. The zero-order chi connectivity index (χ0) is 9.02. The summed E-state index contributed by atoms with van der Waals surface area (Å²) in [5.41, 5.74) is 5.13. The fourth-order valence-electron chi connectivity index (χ4n) is 0.387. The molecule has 0 aliphatic heterocycles. The number of hydrogen-bond donors (Lipinski definition) is 2. The molecule has 0 aromatic carbocycles. The van der Waals surface area contributed by atoms with E-state index in [1.165, 1.54) is 7.05 Å². The fourth-order valence-corrected chi connectivity index (χ4v) is 0.552. The number of aliphatic imine (C=N–C) groups is 1. The topological polar surface area (TPSA) is 75.7 Å². The van der Waals surface area contributed by atoms with Gasteiger partial charge in [0.05, 0.1) is 10.7 Å². The first-order valence-electron chi connectivity index (χ1n) is 2.83. The van der Waals surface area contributed by atoms with Crippen LogP contribution < -0.4 is 5.73 Å². The van der Waals surface area contributed by atoms with Gasteiger partial charge in [0, 0.05) is 7.05 Å². The van der Waals surface area contributed by atoms with Gasteiger partial charge in [-0.15, -0.1) is 0 Å². The van der Waals surface area contributed by atoms with Gasteiger partial charge in [-0.2, -0.15) is 0 Å². The molecule has 0 aliphatic rings. The summed E-state index contributed by atoms with van der Waals surface area (Å²) in [5.74, 6) is -1.24. The molecule has 5 heteroatoms. The summed E-state index contributed by atoms with van der Waals surface area (Å²) in [6.45, 7) is 1.58. The minimum Gasteiger partial charge on any atom is -0.477 e. The Morgan fingerprint density at radius 1 is 1.64 bits per heavy atom. The Bertz CT molecular complexity index is 233. The van der Waals surface area contributed by atoms with Crippen LogP contribution in [0.15, 0.2) is 15.7 Å². The molecule has 0 aliphatic carbocycles. The van der Waals surface area contributed by atoms with Crippen LogP contribution in [-0.4, -0.2) is 23.8 Å². The average Bonchev–Trinajstić information content (AvgIpc) is 2.00. The van der Waals surface area contributed by atoms with Gasteiger partial charge in [0.15, 0.2) is 0 Å². The van der Waals surface area contributed by atoms with E-state index in [0.29, 0.717) is 5.71 Å². The Hall–Kier alpha value is -1.03. The van der Waals surface area contributed by atoms with E-state index in [1.807, 2.05) is 0 Å². The summed E-state index contributed by atoms with van der Waals surface area (Å²) in [5, 5.41) is 8.36. The Labute approximate surface area is 69.4 Å². The maximum absolute atomic E-state index is 10.2. The molecule has 0 heterocycles. The molecule has 0 fully saturated rings. The van der Waals surface area contributed by atoms with E-state index in [0.717, 1.165) is 0 Å². The summed E-state index contributed by atoms with van der Waals surface area (Å²) in [6.07, 6.45) is 0. The van der Waals surface area contributed by atoms with Crippen molar-refractivity contribution in [3.8, 4) is 0 Å². The quantitative estimate of drug-likeness (QED) is 0.477. The number of nitrogens with zero attached hydrogens (tertiary/aromatic N) is 1. The number of rotatable bonds is 2. The Kier molecular flexibility index (Phi) is 3.60. The molecule has 3 N–H and O–H groups in total. The molecule has 0 aromatic rings. The van der Waals surface area contributed by atoms with Crippen molar-refractivity contribution < 1.29 is 9.90 Å². The minimum absolute atomic E-state index is 0.0139.